The van der Waals surface area contributed by atoms with Crippen molar-refractivity contribution in [2.75, 3.05) is 29.0 Å². The number of nitrogen functional groups attached to an aromatic ring is 1. The van der Waals surface area contributed by atoms with Crippen LogP contribution in [0.1, 0.15) is 18.4 Å². The second-order valence-corrected chi connectivity index (χ2v) is 8.41. The second-order valence-electron chi connectivity index (χ2n) is 8.41. The van der Waals surface area contributed by atoms with Crippen LogP contribution in [0.2, 0.25) is 0 Å². The van der Waals surface area contributed by atoms with Gasteiger partial charge in [-0.15, -0.1) is 0 Å². The number of nitrogens with one attached hydrogen (secondary N) is 1. The van der Waals surface area contributed by atoms with Gasteiger partial charge < -0.3 is 16.0 Å². The summed E-state index contributed by atoms with van der Waals surface area (Å²) in [7, 11) is 0. The second kappa shape index (κ2) is 8.36. The first kappa shape index (κ1) is 21.7. The minimum Gasteiger partial charge on any atom is -0.399 e. The summed E-state index contributed by atoms with van der Waals surface area (Å²) in [6.07, 6.45) is 4.22. The number of alkyl halides is 2. The molecule has 0 atom stereocenters. The van der Waals surface area contributed by atoms with E-state index in [2.05, 4.69) is 20.3 Å². The Balaban J connectivity index is 1.44. The molecule has 1 saturated heterocycles. The van der Waals surface area contributed by atoms with E-state index in [1.807, 2.05) is 17.9 Å². The van der Waals surface area contributed by atoms with E-state index in [4.69, 9.17) is 5.73 Å². The maximum atomic E-state index is 13.5. The van der Waals surface area contributed by atoms with E-state index in [1.54, 1.807) is 47.3 Å². The lowest BCUT2D eigenvalue weighted by molar-refractivity contribution is -0.0220. The topological polar surface area (TPSA) is 102 Å². The fourth-order valence-electron chi connectivity index (χ4n) is 4.13. The highest BCUT2D eigenvalue weighted by Gasteiger charge is 2.34. The van der Waals surface area contributed by atoms with Crippen LogP contribution in [-0.4, -0.2) is 38.5 Å². The van der Waals surface area contributed by atoms with Crippen LogP contribution in [0.25, 0.3) is 16.7 Å². The summed E-state index contributed by atoms with van der Waals surface area (Å²) < 4.78 is 28.5. The number of nitrogens with zero attached hydrogens (tertiary/aromatic N) is 5. The van der Waals surface area contributed by atoms with Crippen LogP contribution in [0, 0.1) is 6.92 Å². The average Bonchev–Trinajstić information content (AvgIpc) is 2.80. The van der Waals surface area contributed by atoms with Gasteiger partial charge in [-0.2, -0.15) is 0 Å². The summed E-state index contributed by atoms with van der Waals surface area (Å²) in [5.41, 5.74) is 9.67. The number of halogens is 2. The largest absolute Gasteiger partial charge is 0.399 e. The molecule has 0 radical (unpaired) electrons. The third kappa shape index (κ3) is 4.26. The summed E-state index contributed by atoms with van der Waals surface area (Å²) in [4.78, 5) is 27.6. The molecule has 8 nitrogen and oxygen atoms in total. The molecule has 1 aliphatic heterocycles. The Morgan fingerprint density at radius 1 is 0.971 bits per heavy atom. The van der Waals surface area contributed by atoms with Crippen LogP contribution < -0.4 is 21.5 Å². The minimum atomic E-state index is -2.59. The minimum absolute atomic E-state index is 0.156. The number of fused-ring (bicyclic) bond motifs is 1. The SMILES string of the molecule is Cc1cc(Nc2cc3c(cn2)ncc(=O)n3-c2ccc(N)cc2)ncc1N1CCC(F)(F)CC1. The van der Waals surface area contributed by atoms with Crippen molar-refractivity contribution in [3.8, 4) is 5.69 Å². The Bertz CT molecular complexity index is 1410. The number of benzene rings is 1. The zero-order chi connectivity index (χ0) is 23.9. The summed E-state index contributed by atoms with van der Waals surface area (Å²) >= 11 is 0. The number of anilines is 4. The van der Waals surface area contributed by atoms with Crippen molar-refractivity contribution in [1.29, 1.82) is 0 Å². The molecule has 5 rings (SSSR count). The van der Waals surface area contributed by atoms with Gasteiger partial charge in [0, 0.05) is 43.4 Å². The van der Waals surface area contributed by atoms with E-state index in [9.17, 15) is 13.6 Å². The zero-order valence-electron chi connectivity index (χ0n) is 18.5. The monoisotopic (exact) mass is 463 g/mol. The van der Waals surface area contributed by atoms with Gasteiger partial charge in [0.25, 0.3) is 11.5 Å². The Kier molecular flexibility index (Phi) is 5.35. The van der Waals surface area contributed by atoms with E-state index in [1.165, 1.54) is 6.20 Å². The van der Waals surface area contributed by atoms with Crippen molar-refractivity contribution in [2.24, 2.45) is 0 Å². The highest BCUT2D eigenvalue weighted by Crippen LogP contribution is 2.32. The molecule has 3 aromatic heterocycles. The number of hydrogen-bond acceptors (Lipinski definition) is 7. The van der Waals surface area contributed by atoms with Crippen molar-refractivity contribution in [3.05, 3.63) is 70.9 Å². The molecule has 0 unspecified atom stereocenters. The predicted molar refractivity (Wildman–Crippen MR) is 128 cm³/mol. The summed E-state index contributed by atoms with van der Waals surface area (Å²) in [5.74, 6) is -1.55. The molecule has 4 heterocycles. The molecular formula is C24H23F2N7O. The third-order valence-corrected chi connectivity index (χ3v) is 5.96. The molecule has 1 fully saturated rings. The lowest BCUT2D eigenvalue weighted by atomic mass is 10.1. The lowest BCUT2D eigenvalue weighted by Crippen LogP contribution is -2.39. The summed E-state index contributed by atoms with van der Waals surface area (Å²) in [5, 5.41) is 3.16. The normalized spacial score (nSPS) is 15.4. The van der Waals surface area contributed by atoms with Gasteiger partial charge in [-0.25, -0.2) is 23.7 Å². The molecule has 0 spiro atoms. The highest BCUT2D eigenvalue weighted by molar-refractivity contribution is 5.79. The summed E-state index contributed by atoms with van der Waals surface area (Å²) in [6.45, 7) is 2.51. The van der Waals surface area contributed by atoms with Gasteiger partial charge in [-0.3, -0.25) is 9.36 Å². The van der Waals surface area contributed by atoms with Crippen molar-refractivity contribution in [3.63, 3.8) is 0 Å². The molecule has 34 heavy (non-hydrogen) atoms. The first-order chi connectivity index (χ1) is 16.3. The fraction of sp³-hybridized carbons (Fsp3) is 0.250. The van der Waals surface area contributed by atoms with Crippen LogP contribution in [0.4, 0.5) is 31.8 Å². The van der Waals surface area contributed by atoms with Gasteiger partial charge in [0.05, 0.1) is 29.8 Å². The standard InChI is InChI=1S/C24H23F2N7O/c1-15-10-21(30-13-20(15)32-8-6-24(25,26)7-9-32)31-22-11-19-18(12-29-22)28-14-23(34)33(19)17-4-2-16(27)3-5-17/h2-5,10-14H,6-9,27H2,1H3,(H,29,30,31). The molecule has 174 valence electrons. The van der Waals surface area contributed by atoms with Crippen molar-refractivity contribution >= 4 is 34.0 Å². The molecule has 0 saturated carbocycles. The summed E-state index contributed by atoms with van der Waals surface area (Å²) in [6, 6.07) is 10.6. The maximum absolute atomic E-state index is 13.5. The number of rotatable bonds is 4. The Labute approximate surface area is 194 Å². The van der Waals surface area contributed by atoms with Crippen LogP contribution in [0.5, 0.6) is 0 Å². The number of aromatic nitrogens is 4. The lowest BCUT2D eigenvalue weighted by Gasteiger charge is -2.34. The van der Waals surface area contributed by atoms with E-state index < -0.39 is 5.92 Å². The predicted octanol–water partition coefficient (Wildman–Crippen LogP) is 4.05. The van der Waals surface area contributed by atoms with Gasteiger partial charge in [0.2, 0.25) is 0 Å². The number of hydrogen-bond donors (Lipinski definition) is 2. The quantitative estimate of drug-likeness (QED) is 0.440. The molecule has 10 heteroatoms. The molecule has 4 aromatic rings. The number of nitrogens with two attached hydrogens (primary N) is 1. The Hall–Kier alpha value is -4.08. The van der Waals surface area contributed by atoms with Crippen LogP contribution in [0.3, 0.4) is 0 Å². The first-order valence-corrected chi connectivity index (χ1v) is 10.9. The Morgan fingerprint density at radius 2 is 1.65 bits per heavy atom. The first-order valence-electron chi connectivity index (χ1n) is 10.9. The van der Waals surface area contributed by atoms with Crippen molar-refractivity contribution in [2.45, 2.75) is 25.7 Å². The molecule has 1 aliphatic rings. The van der Waals surface area contributed by atoms with Crippen molar-refractivity contribution < 1.29 is 8.78 Å². The molecule has 0 bridgehead atoms. The molecule has 3 N–H and O–H groups in total. The van der Waals surface area contributed by atoms with E-state index in [0.29, 0.717) is 47.1 Å². The molecule has 1 aromatic carbocycles. The van der Waals surface area contributed by atoms with Crippen LogP contribution in [0.15, 0.2) is 59.8 Å². The fourth-order valence-corrected chi connectivity index (χ4v) is 4.13. The number of piperidine rings is 1. The Morgan fingerprint density at radius 3 is 2.35 bits per heavy atom. The third-order valence-electron chi connectivity index (χ3n) is 5.96. The van der Waals surface area contributed by atoms with Crippen LogP contribution in [-0.2, 0) is 0 Å². The zero-order valence-corrected chi connectivity index (χ0v) is 18.5. The highest BCUT2D eigenvalue weighted by atomic mass is 19.3. The van der Waals surface area contributed by atoms with E-state index in [-0.39, 0.29) is 18.4 Å². The number of aryl methyl sites for hydroxylation is 1. The molecule has 0 aliphatic carbocycles. The molecule has 0 amide bonds. The number of pyridine rings is 2. The van der Waals surface area contributed by atoms with Crippen LogP contribution >= 0.6 is 0 Å². The van der Waals surface area contributed by atoms with Gasteiger partial charge in [0.15, 0.2) is 0 Å². The maximum Gasteiger partial charge on any atom is 0.274 e. The molecular weight excluding hydrogens is 440 g/mol. The van der Waals surface area contributed by atoms with Gasteiger partial charge in [-0.05, 0) is 42.8 Å². The van der Waals surface area contributed by atoms with Crippen molar-refractivity contribution in [1.82, 2.24) is 19.5 Å². The van der Waals surface area contributed by atoms with Gasteiger partial charge in [0.1, 0.15) is 17.2 Å². The average molecular weight is 463 g/mol. The van der Waals surface area contributed by atoms with Gasteiger partial charge in [-0.1, -0.05) is 0 Å². The van der Waals surface area contributed by atoms with E-state index in [0.717, 1.165) is 11.3 Å². The van der Waals surface area contributed by atoms with Gasteiger partial charge >= 0.3 is 0 Å². The smallest absolute Gasteiger partial charge is 0.274 e. The van der Waals surface area contributed by atoms with E-state index >= 15 is 0 Å².